The molecule has 1 saturated carbocycles. The zero-order valence-electron chi connectivity index (χ0n) is 12.3. The second-order valence-electron chi connectivity index (χ2n) is 6.69. The highest BCUT2D eigenvalue weighted by atomic mass is 15.2. The predicted molar refractivity (Wildman–Crippen MR) is 85.7 cm³/mol. The van der Waals surface area contributed by atoms with Crippen LogP contribution in [0.1, 0.15) is 30.0 Å². The fraction of sp³-hybridized carbons (Fsp3) is 0.368. The number of nitrogens with zero attached hydrogens (tertiary/aromatic N) is 1. The van der Waals surface area contributed by atoms with Gasteiger partial charge in [0.2, 0.25) is 0 Å². The van der Waals surface area contributed by atoms with Crippen LogP contribution in [0.3, 0.4) is 0 Å². The minimum atomic E-state index is 0.0834. The fourth-order valence-electron chi connectivity index (χ4n) is 3.82. The topological polar surface area (TPSA) is 29.3 Å². The standard InChI is InChI=1S/C19H22N2/c20-19-12-17(19)11-18(16-9-5-2-6-10-16)21(14-19)13-15-7-3-1-4-8-15/h1-10,17-18H,11-14,20H2/t17-,18+,19+/m1/s1. The van der Waals surface area contributed by atoms with E-state index in [1.54, 1.807) is 0 Å². The van der Waals surface area contributed by atoms with E-state index in [1.165, 1.54) is 24.0 Å². The Bertz CT molecular complexity index is 610. The van der Waals surface area contributed by atoms with Gasteiger partial charge >= 0.3 is 0 Å². The third-order valence-electron chi connectivity index (χ3n) is 5.14. The maximum Gasteiger partial charge on any atom is 0.0355 e. The van der Waals surface area contributed by atoms with Crippen molar-refractivity contribution in [1.82, 2.24) is 4.90 Å². The average Bonchev–Trinajstić information content (AvgIpc) is 3.18. The molecule has 0 aromatic heterocycles. The minimum Gasteiger partial charge on any atom is -0.324 e. The van der Waals surface area contributed by atoms with Crippen LogP contribution in [-0.2, 0) is 6.54 Å². The lowest BCUT2D eigenvalue weighted by molar-refractivity contribution is 0.122. The SMILES string of the molecule is N[C@]12C[C@H]1C[C@@H](c1ccccc1)N(Cc1ccccc1)C2. The number of likely N-dealkylation sites (tertiary alicyclic amines) is 1. The lowest BCUT2D eigenvalue weighted by atomic mass is 9.92. The van der Waals surface area contributed by atoms with Crippen molar-refractivity contribution in [2.45, 2.75) is 31.0 Å². The smallest absolute Gasteiger partial charge is 0.0355 e. The molecule has 2 aromatic carbocycles. The molecule has 2 N–H and O–H groups in total. The highest BCUT2D eigenvalue weighted by Gasteiger charge is 2.56. The van der Waals surface area contributed by atoms with E-state index in [-0.39, 0.29) is 5.54 Å². The number of benzene rings is 2. The van der Waals surface area contributed by atoms with Gasteiger partial charge in [-0.1, -0.05) is 60.7 Å². The van der Waals surface area contributed by atoms with Crippen LogP contribution in [-0.4, -0.2) is 17.0 Å². The summed E-state index contributed by atoms with van der Waals surface area (Å²) in [5.74, 6) is 0.717. The van der Waals surface area contributed by atoms with E-state index >= 15 is 0 Å². The van der Waals surface area contributed by atoms with E-state index in [9.17, 15) is 0 Å². The van der Waals surface area contributed by atoms with Crippen molar-refractivity contribution in [2.75, 3.05) is 6.54 Å². The Hall–Kier alpha value is -1.64. The summed E-state index contributed by atoms with van der Waals surface area (Å²) in [4.78, 5) is 2.58. The summed E-state index contributed by atoms with van der Waals surface area (Å²) in [5.41, 5.74) is 9.39. The van der Waals surface area contributed by atoms with Gasteiger partial charge in [-0.25, -0.2) is 0 Å². The molecular weight excluding hydrogens is 256 g/mol. The molecule has 0 spiro atoms. The van der Waals surface area contributed by atoms with Crippen LogP contribution in [0.15, 0.2) is 60.7 Å². The molecule has 0 amide bonds. The Labute approximate surface area is 126 Å². The molecule has 21 heavy (non-hydrogen) atoms. The summed E-state index contributed by atoms with van der Waals surface area (Å²) in [6, 6.07) is 22.2. The van der Waals surface area contributed by atoms with E-state index in [0.29, 0.717) is 6.04 Å². The first kappa shape index (κ1) is 13.1. The van der Waals surface area contributed by atoms with Gasteiger partial charge in [0.15, 0.2) is 0 Å². The Balaban J connectivity index is 1.61. The summed E-state index contributed by atoms with van der Waals surface area (Å²) >= 11 is 0. The zero-order chi connectivity index (χ0) is 14.3. The number of nitrogens with two attached hydrogens (primary N) is 1. The van der Waals surface area contributed by atoms with Crippen LogP contribution < -0.4 is 5.73 Å². The Kier molecular flexibility index (Phi) is 3.09. The maximum atomic E-state index is 6.49. The molecule has 2 aromatic rings. The number of piperidine rings is 1. The predicted octanol–water partition coefficient (Wildman–Crippen LogP) is 3.35. The maximum absolute atomic E-state index is 6.49. The first-order chi connectivity index (χ1) is 10.2. The van der Waals surface area contributed by atoms with Crippen molar-refractivity contribution in [3.63, 3.8) is 0 Å². The third kappa shape index (κ3) is 2.50. The monoisotopic (exact) mass is 278 g/mol. The summed E-state index contributed by atoms with van der Waals surface area (Å²) in [6.07, 6.45) is 2.40. The number of hydrogen-bond donors (Lipinski definition) is 1. The first-order valence-electron chi connectivity index (χ1n) is 7.86. The van der Waals surface area contributed by atoms with Crippen molar-refractivity contribution in [3.8, 4) is 0 Å². The molecule has 2 fully saturated rings. The van der Waals surface area contributed by atoms with Crippen molar-refractivity contribution < 1.29 is 0 Å². The van der Waals surface area contributed by atoms with Crippen LogP contribution in [0.5, 0.6) is 0 Å². The molecule has 3 atom stereocenters. The van der Waals surface area contributed by atoms with Crippen LogP contribution in [0.4, 0.5) is 0 Å². The molecule has 1 aliphatic carbocycles. The van der Waals surface area contributed by atoms with E-state index < -0.39 is 0 Å². The normalized spacial score (nSPS) is 31.7. The molecule has 0 bridgehead atoms. The molecular formula is C19H22N2. The molecule has 1 aliphatic heterocycles. The lowest BCUT2D eigenvalue weighted by Crippen LogP contribution is -2.46. The third-order valence-corrected chi connectivity index (χ3v) is 5.14. The second-order valence-corrected chi connectivity index (χ2v) is 6.69. The molecule has 0 radical (unpaired) electrons. The van der Waals surface area contributed by atoms with Crippen molar-refractivity contribution in [3.05, 3.63) is 71.8 Å². The van der Waals surface area contributed by atoms with Crippen molar-refractivity contribution >= 4 is 0 Å². The number of hydrogen-bond acceptors (Lipinski definition) is 2. The van der Waals surface area contributed by atoms with E-state index in [0.717, 1.165) is 19.0 Å². The van der Waals surface area contributed by atoms with E-state index in [1.807, 2.05) is 0 Å². The van der Waals surface area contributed by atoms with Crippen molar-refractivity contribution in [1.29, 1.82) is 0 Å². The van der Waals surface area contributed by atoms with Crippen LogP contribution in [0, 0.1) is 5.92 Å². The van der Waals surface area contributed by atoms with Crippen LogP contribution in [0.2, 0.25) is 0 Å². The lowest BCUT2D eigenvalue weighted by Gasteiger charge is -2.38. The summed E-state index contributed by atoms with van der Waals surface area (Å²) in [5, 5.41) is 0. The molecule has 4 rings (SSSR count). The quantitative estimate of drug-likeness (QED) is 0.933. The summed E-state index contributed by atoms with van der Waals surface area (Å²) in [7, 11) is 0. The fourth-order valence-corrected chi connectivity index (χ4v) is 3.82. The largest absolute Gasteiger partial charge is 0.324 e. The summed E-state index contributed by atoms with van der Waals surface area (Å²) in [6.45, 7) is 2.01. The first-order valence-corrected chi connectivity index (χ1v) is 7.86. The highest BCUT2D eigenvalue weighted by molar-refractivity contribution is 5.25. The van der Waals surface area contributed by atoms with Crippen molar-refractivity contribution in [2.24, 2.45) is 11.7 Å². The van der Waals surface area contributed by atoms with Gasteiger partial charge in [0.25, 0.3) is 0 Å². The van der Waals surface area contributed by atoms with Crippen LogP contribution in [0.25, 0.3) is 0 Å². The summed E-state index contributed by atoms with van der Waals surface area (Å²) < 4.78 is 0. The van der Waals surface area contributed by atoms with Gasteiger partial charge in [-0.15, -0.1) is 0 Å². The second kappa shape index (κ2) is 4.97. The van der Waals surface area contributed by atoms with E-state index in [4.69, 9.17) is 5.73 Å². The zero-order valence-corrected chi connectivity index (χ0v) is 12.3. The minimum absolute atomic E-state index is 0.0834. The molecule has 1 saturated heterocycles. The van der Waals surface area contributed by atoms with Gasteiger partial charge in [0.05, 0.1) is 0 Å². The Morgan fingerprint density at radius 1 is 1.00 bits per heavy atom. The van der Waals surface area contributed by atoms with Crippen LogP contribution >= 0.6 is 0 Å². The molecule has 2 nitrogen and oxygen atoms in total. The molecule has 108 valence electrons. The Morgan fingerprint density at radius 3 is 2.38 bits per heavy atom. The van der Waals surface area contributed by atoms with Gasteiger partial charge in [-0.3, -0.25) is 4.90 Å². The van der Waals surface area contributed by atoms with Gasteiger partial charge in [-0.05, 0) is 29.9 Å². The molecule has 1 heterocycles. The number of rotatable bonds is 3. The van der Waals surface area contributed by atoms with Gasteiger partial charge in [0.1, 0.15) is 0 Å². The van der Waals surface area contributed by atoms with Gasteiger partial charge < -0.3 is 5.73 Å². The van der Waals surface area contributed by atoms with Gasteiger partial charge in [-0.2, -0.15) is 0 Å². The Morgan fingerprint density at radius 2 is 1.67 bits per heavy atom. The average molecular weight is 278 g/mol. The molecule has 0 unspecified atom stereocenters. The van der Waals surface area contributed by atoms with E-state index in [2.05, 4.69) is 65.6 Å². The highest BCUT2D eigenvalue weighted by Crippen LogP contribution is 2.53. The van der Waals surface area contributed by atoms with Gasteiger partial charge in [0, 0.05) is 24.7 Å². The molecule has 2 aliphatic rings. The molecule has 2 heteroatoms. The number of fused-ring (bicyclic) bond motifs is 1.